The zero-order chi connectivity index (χ0) is 9.36. The van der Waals surface area contributed by atoms with Crippen molar-refractivity contribution in [3.8, 4) is 12.3 Å². The molecule has 13 heavy (non-hydrogen) atoms. The number of nitrogens with one attached hydrogen (secondary N) is 1. The first-order valence-corrected chi connectivity index (χ1v) is 4.29. The zero-order valence-corrected chi connectivity index (χ0v) is 7.53. The van der Waals surface area contributed by atoms with Gasteiger partial charge in [-0.15, -0.1) is 6.42 Å². The van der Waals surface area contributed by atoms with Crippen LogP contribution in [0.5, 0.6) is 0 Å². The summed E-state index contributed by atoms with van der Waals surface area (Å²) in [6.07, 6.45) is 9.22. The monoisotopic (exact) mass is 171 g/mol. The first-order chi connectivity index (χ1) is 6.43. The van der Waals surface area contributed by atoms with Gasteiger partial charge >= 0.3 is 0 Å². The highest BCUT2D eigenvalue weighted by atomic mass is 14.8. The van der Waals surface area contributed by atoms with Crippen LogP contribution in [0.1, 0.15) is 5.56 Å². The normalized spacial score (nSPS) is 10.1. The fourth-order valence-corrected chi connectivity index (χ4v) is 0.987. The summed E-state index contributed by atoms with van der Waals surface area (Å²) < 4.78 is 0. The molecule has 1 aromatic carbocycles. The minimum absolute atomic E-state index is 0.624. The van der Waals surface area contributed by atoms with Crippen LogP contribution in [-0.4, -0.2) is 13.1 Å². The highest BCUT2D eigenvalue weighted by Gasteiger charge is 1.81. The van der Waals surface area contributed by atoms with E-state index >= 15 is 0 Å². The quantitative estimate of drug-likeness (QED) is 0.539. The van der Waals surface area contributed by atoms with Crippen LogP contribution in [0.3, 0.4) is 0 Å². The zero-order valence-electron chi connectivity index (χ0n) is 7.53. The molecule has 0 amide bonds. The summed E-state index contributed by atoms with van der Waals surface area (Å²) in [5, 5.41) is 3.08. The van der Waals surface area contributed by atoms with Gasteiger partial charge in [-0.2, -0.15) is 0 Å². The van der Waals surface area contributed by atoms with E-state index in [1.807, 2.05) is 18.2 Å². The van der Waals surface area contributed by atoms with Gasteiger partial charge in [0.1, 0.15) is 0 Å². The molecule has 0 aliphatic carbocycles. The fraction of sp³-hybridized carbons (Fsp3) is 0.167. The minimum Gasteiger partial charge on any atom is -0.303 e. The first-order valence-electron chi connectivity index (χ1n) is 4.29. The van der Waals surface area contributed by atoms with Crippen LogP contribution < -0.4 is 5.32 Å². The van der Waals surface area contributed by atoms with Crippen molar-refractivity contribution in [2.45, 2.75) is 0 Å². The van der Waals surface area contributed by atoms with Crippen molar-refractivity contribution in [3.05, 3.63) is 42.0 Å². The van der Waals surface area contributed by atoms with E-state index in [0.29, 0.717) is 6.54 Å². The molecule has 0 fully saturated rings. The Morgan fingerprint density at radius 2 is 2.08 bits per heavy atom. The molecule has 1 heteroatoms. The second-order valence-electron chi connectivity index (χ2n) is 2.65. The van der Waals surface area contributed by atoms with Crippen molar-refractivity contribution in [2.24, 2.45) is 0 Å². The summed E-state index contributed by atoms with van der Waals surface area (Å²) in [7, 11) is 0. The van der Waals surface area contributed by atoms with Crippen LogP contribution in [0.4, 0.5) is 0 Å². The third-order valence-electron chi connectivity index (χ3n) is 1.60. The first kappa shape index (κ1) is 9.57. The summed E-state index contributed by atoms with van der Waals surface area (Å²) in [4.78, 5) is 0. The van der Waals surface area contributed by atoms with Crippen molar-refractivity contribution in [3.63, 3.8) is 0 Å². The maximum absolute atomic E-state index is 5.09. The minimum atomic E-state index is 0.624. The van der Waals surface area contributed by atoms with Gasteiger partial charge in [-0.1, -0.05) is 48.4 Å². The van der Waals surface area contributed by atoms with Crippen LogP contribution in [0.25, 0.3) is 6.08 Å². The lowest BCUT2D eigenvalue weighted by Crippen LogP contribution is -2.12. The molecule has 1 N–H and O–H groups in total. The highest BCUT2D eigenvalue weighted by molar-refractivity contribution is 5.48. The molecule has 0 atom stereocenters. The number of terminal acetylenes is 1. The second-order valence-corrected chi connectivity index (χ2v) is 2.65. The largest absolute Gasteiger partial charge is 0.303 e. The Morgan fingerprint density at radius 1 is 1.31 bits per heavy atom. The van der Waals surface area contributed by atoms with Gasteiger partial charge in [0.25, 0.3) is 0 Å². The smallest absolute Gasteiger partial charge is 0.0576 e. The number of hydrogen-bond acceptors (Lipinski definition) is 1. The van der Waals surface area contributed by atoms with Crippen LogP contribution in [0.15, 0.2) is 36.4 Å². The molecule has 0 saturated carbocycles. The van der Waals surface area contributed by atoms with Gasteiger partial charge in [-0.3, -0.25) is 0 Å². The topological polar surface area (TPSA) is 12.0 Å². The van der Waals surface area contributed by atoms with Gasteiger partial charge in [-0.05, 0) is 5.56 Å². The molecule has 0 spiro atoms. The maximum Gasteiger partial charge on any atom is 0.0576 e. The van der Waals surface area contributed by atoms with Crippen LogP contribution >= 0.6 is 0 Å². The van der Waals surface area contributed by atoms with Crippen LogP contribution in [0.2, 0.25) is 0 Å². The van der Waals surface area contributed by atoms with E-state index in [0.717, 1.165) is 6.54 Å². The predicted molar refractivity (Wildman–Crippen MR) is 57.2 cm³/mol. The molecule has 1 rings (SSSR count). The molecule has 0 unspecified atom stereocenters. The average molecular weight is 171 g/mol. The Balaban J connectivity index is 2.29. The number of hydrogen-bond donors (Lipinski definition) is 1. The van der Waals surface area contributed by atoms with Crippen molar-refractivity contribution in [1.29, 1.82) is 0 Å². The van der Waals surface area contributed by atoms with E-state index in [2.05, 4.69) is 35.5 Å². The molecule has 0 heterocycles. The molecule has 0 bridgehead atoms. The van der Waals surface area contributed by atoms with E-state index in [4.69, 9.17) is 6.42 Å². The lowest BCUT2D eigenvalue weighted by molar-refractivity contribution is 0.859. The summed E-state index contributed by atoms with van der Waals surface area (Å²) >= 11 is 0. The summed E-state index contributed by atoms with van der Waals surface area (Å²) in [6.45, 7) is 1.44. The van der Waals surface area contributed by atoms with Crippen LogP contribution in [-0.2, 0) is 0 Å². The third-order valence-corrected chi connectivity index (χ3v) is 1.60. The lowest BCUT2D eigenvalue weighted by atomic mass is 10.2. The molecule has 66 valence electrons. The third kappa shape index (κ3) is 4.15. The van der Waals surface area contributed by atoms with E-state index in [1.54, 1.807) is 0 Å². The van der Waals surface area contributed by atoms with Gasteiger partial charge in [0.05, 0.1) is 6.54 Å². The van der Waals surface area contributed by atoms with Gasteiger partial charge in [0.15, 0.2) is 0 Å². The predicted octanol–water partition coefficient (Wildman–Crippen LogP) is 1.92. The van der Waals surface area contributed by atoms with Crippen molar-refractivity contribution in [2.75, 3.05) is 13.1 Å². The standard InChI is InChI=1S/C12H13N/c1-2-10-13-11-6-9-12-7-4-3-5-8-12/h1,3-9,13H,10-11H2. The molecule has 1 nitrogen and oxygen atoms in total. The molecular formula is C12H13N. The van der Waals surface area contributed by atoms with Gasteiger partial charge in [0.2, 0.25) is 0 Å². The Labute approximate surface area is 79.5 Å². The molecule has 0 saturated heterocycles. The Kier molecular flexibility index (Phi) is 4.45. The molecule has 0 aliphatic heterocycles. The average Bonchev–Trinajstić information content (AvgIpc) is 2.19. The molecule has 0 aromatic heterocycles. The van der Waals surface area contributed by atoms with Crippen molar-refractivity contribution >= 4 is 6.08 Å². The molecule has 1 aromatic rings. The fourth-order valence-electron chi connectivity index (χ4n) is 0.987. The molecule has 0 aliphatic rings. The van der Waals surface area contributed by atoms with Crippen LogP contribution in [0, 0.1) is 12.3 Å². The lowest BCUT2D eigenvalue weighted by Gasteiger charge is -1.93. The van der Waals surface area contributed by atoms with Gasteiger partial charge in [0, 0.05) is 6.54 Å². The van der Waals surface area contributed by atoms with Crippen molar-refractivity contribution < 1.29 is 0 Å². The van der Waals surface area contributed by atoms with E-state index in [9.17, 15) is 0 Å². The van der Waals surface area contributed by atoms with E-state index < -0.39 is 0 Å². The molecular weight excluding hydrogens is 158 g/mol. The van der Waals surface area contributed by atoms with Gasteiger partial charge < -0.3 is 5.32 Å². The summed E-state index contributed by atoms with van der Waals surface area (Å²) in [5.74, 6) is 2.52. The maximum atomic E-state index is 5.09. The number of rotatable bonds is 4. The SMILES string of the molecule is C#CCNCC=Cc1ccccc1. The Hall–Kier alpha value is -1.52. The number of benzene rings is 1. The van der Waals surface area contributed by atoms with Gasteiger partial charge in [-0.25, -0.2) is 0 Å². The van der Waals surface area contributed by atoms with Crippen molar-refractivity contribution in [1.82, 2.24) is 5.32 Å². The van der Waals surface area contributed by atoms with E-state index in [-0.39, 0.29) is 0 Å². The van der Waals surface area contributed by atoms with E-state index in [1.165, 1.54) is 5.56 Å². The summed E-state index contributed by atoms with van der Waals surface area (Å²) in [6, 6.07) is 10.2. The summed E-state index contributed by atoms with van der Waals surface area (Å²) in [5.41, 5.74) is 1.21. The second kappa shape index (κ2) is 6.05. The highest BCUT2D eigenvalue weighted by Crippen LogP contribution is 1.99. The Morgan fingerprint density at radius 3 is 2.77 bits per heavy atom. The molecule has 0 radical (unpaired) electrons. The Bertz CT molecular complexity index is 293.